The van der Waals surface area contributed by atoms with Gasteiger partial charge in [0.25, 0.3) is 10.0 Å². The van der Waals surface area contributed by atoms with Crippen LogP contribution in [0.5, 0.6) is 0 Å². The molecule has 2 rings (SSSR count). The fourth-order valence-corrected chi connectivity index (χ4v) is 3.40. The second-order valence-electron chi connectivity index (χ2n) is 5.19. The molecule has 9 heteroatoms. The van der Waals surface area contributed by atoms with E-state index < -0.39 is 26.2 Å². The molecular formula is C11H15Cl2N3O3S. The van der Waals surface area contributed by atoms with Gasteiger partial charge in [-0.15, -0.1) is 23.2 Å². The average molecular weight is 340 g/mol. The van der Waals surface area contributed by atoms with Crippen LogP contribution in [0, 0.1) is 5.92 Å². The van der Waals surface area contributed by atoms with Crippen LogP contribution in [0.2, 0.25) is 0 Å². The van der Waals surface area contributed by atoms with E-state index in [-0.39, 0.29) is 17.4 Å². The number of amides is 1. The minimum Gasteiger partial charge on any atom is -0.336 e. The van der Waals surface area contributed by atoms with Crippen molar-refractivity contribution in [3.63, 3.8) is 0 Å². The molecule has 1 saturated carbocycles. The summed E-state index contributed by atoms with van der Waals surface area (Å²) in [5, 5.41) is -0.188. The van der Waals surface area contributed by atoms with Crippen LogP contribution in [-0.4, -0.2) is 28.2 Å². The van der Waals surface area contributed by atoms with Gasteiger partial charge in [0.05, 0.1) is 5.92 Å². The highest BCUT2D eigenvalue weighted by molar-refractivity contribution is 7.90. The normalized spacial score (nSPS) is 21.0. The first-order chi connectivity index (χ1) is 9.04. The Morgan fingerprint density at radius 2 is 2.10 bits per heavy atom. The number of rotatable bonds is 4. The third-order valence-corrected chi connectivity index (χ3v) is 5.11. The topological polar surface area (TPSA) is 81.1 Å². The van der Waals surface area contributed by atoms with Crippen molar-refractivity contribution in [2.24, 2.45) is 13.0 Å². The molecule has 1 aromatic heterocycles. The van der Waals surface area contributed by atoms with E-state index in [0.29, 0.717) is 5.82 Å². The molecule has 0 radical (unpaired) electrons. The van der Waals surface area contributed by atoms with Crippen LogP contribution < -0.4 is 4.72 Å². The molecule has 20 heavy (non-hydrogen) atoms. The molecule has 1 unspecified atom stereocenters. The molecule has 1 aliphatic carbocycles. The standard InChI is InChI=1S/C11H15Cl2N3O3S/c1-6(2)9-14-8(5-16(9)3)20(18,19)15-10(17)7-4-11(7,12)13/h5-7H,4H2,1-3H3,(H,15,17). The van der Waals surface area contributed by atoms with E-state index in [9.17, 15) is 13.2 Å². The monoisotopic (exact) mass is 339 g/mol. The number of hydrogen-bond donors (Lipinski definition) is 1. The summed E-state index contributed by atoms with van der Waals surface area (Å²) in [4.78, 5) is 15.8. The van der Waals surface area contributed by atoms with E-state index in [4.69, 9.17) is 23.2 Å². The molecule has 1 aliphatic rings. The quantitative estimate of drug-likeness (QED) is 0.843. The van der Waals surface area contributed by atoms with Gasteiger partial charge < -0.3 is 4.57 Å². The first kappa shape index (κ1) is 15.6. The third-order valence-electron chi connectivity index (χ3n) is 3.06. The largest absolute Gasteiger partial charge is 0.336 e. The van der Waals surface area contributed by atoms with Crippen molar-refractivity contribution >= 4 is 39.1 Å². The van der Waals surface area contributed by atoms with Crippen LogP contribution in [-0.2, 0) is 21.9 Å². The fourth-order valence-electron chi connectivity index (χ4n) is 1.87. The molecule has 0 aliphatic heterocycles. The van der Waals surface area contributed by atoms with Gasteiger partial charge in [0.1, 0.15) is 10.2 Å². The van der Waals surface area contributed by atoms with Crippen molar-refractivity contribution in [3.05, 3.63) is 12.0 Å². The lowest BCUT2D eigenvalue weighted by Gasteiger charge is -2.04. The lowest BCUT2D eigenvalue weighted by molar-refractivity contribution is -0.120. The summed E-state index contributed by atoms with van der Waals surface area (Å²) in [7, 11) is -2.30. The second-order valence-corrected chi connectivity index (χ2v) is 8.36. The number of nitrogens with one attached hydrogen (secondary N) is 1. The van der Waals surface area contributed by atoms with Gasteiger partial charge in [-0.05, 0) is 6.42 Å². The Balaban J connectivity index is 2.19. The number of nitrogens with zero attached hydrogens (tertiary/aromatic N) is 2. The molecule has 6 nitrogen and oxygen atoms in total. The number of imidazole rings is 1. The maximum Gasteiger partial charge on any atom is 0.283 e. The number of carbonyl (C=O) groups is 1. The Morgan fingerprint density at radius 3 is 2.50 bits per heavy atom. The van der Waals surface area contributed by atoms with Crippen molar-refractivity contribution in [3.8, 4) is 0 Å². The van der Waals surface area contributed by atoms with Crippen molar-refractivity contribution in [2.45, 2.75) is 35.5 Å². The minimum absolute atomic E-state index is 0.0708. The maximum atomic E-state index is 12.1. The van der Waals surface area contributed by atoms with Crippen LogP contribution in [0.1, 0.15) is 32.0 Å². The Kier molecular flexibility index (Phi) is 3.81. The summed E-state index contributed by atoms with van der Waals surface area (Å²) in [5.74, 6) is -0.713. The summed E-state index contributed by atoms with van der Waals surface area (Å²) >= 11 is 11.5. The van der Waals surface area contributed by atoms with Gasteiger partial charge in [-0.3, -0.25) is 4.79 Å². The van der Waals surface area contributed by atoms with Gasteiger partial charge >= 0.3 is 0 Å². The Bertz CT molecular complexity index is 652. The van der Waals surface area contributed by atoms with Crippen LogP contribution in [0.4, 0.5) is 0 Å². The first-order valence-corrected chi connectivity index (χ1v) is 8.26. The van der Waals surface area contributed by atoms with Gasteiger partial charge in [-0.2, -0.15) is 8.42 Å². The van der Waals surface area contributed by atoms with Gasteiger partial charge in [0.2, 0.25) is 5.91 Å². The Morgan fingerprint density at radius 1 is 1.55 bits per heavy atom. The van der Waals surface area contributed by atoms with Crippen LogP contribution in [0.15, 0.2) is 11.2 Å². The molecular weight excluding hydrogens is 325 g/mol. The number of aryl methyl sites for hydroxylation is 1. The molecule has 112 valence electrons. The van der Waals surface area contributed by atoms with Crippen LogP contribution in [0.25, 0.3) is 0 Å². The molecule has 1 N–H and O–H groups in total. The Hall–Kier alpha value is -0.790. The van der Waals surface area contributed by atoms with Crippen LogP contribution >= 0.6 is 23.2 Å². The van der Waals surface area contributed by atoms with Gasteiger partial charge in [-0.1, -0.05) is 13.8 Å². The van der Waals surface area contributed by atoms with Crippen molar-refractivity contribution in [1.82, 2.24) is 14.3 Å². The van der Waals surface area contributed by atoms with Gasteiger partial charge in [0, 0.05) is 19.2 Å². The Labute approximate surface area is 127 Å². The molecule has 1 fully saturated rings. The summed E-state index contributed by atoms with van der Waals surface area (Å²) < 4.78 is 26.6. The summed E-state index contributed by atoms with van der Waals surface area (Å²) in [5.41, 5.74) is 0. The molecule has 1 amide bonds. The molecule has 0 saturated heterocycles. The number of halogens is 2. The number of aromatic nitrogens is 2. The fraction of sp³-hybridized carbons (Fsp3) is 0.636. The van der Waals surface area contributed by atoms with Crippen molar-refractivity contribution < 1.29 is 13.2 Å². The molecule has 0 spiro atoms. The zero-order chi connectivity index (χ0) is 15.3. The number of hydrogen-bond acceptors (Lipinski definition) is 4. The van der Waals surface area contributed by atoms with E-state index in [1.165, 1.54) is 6.20 Å². The average Bonchev–Trinajstić information content (AvgIpc) is 2.74. The highest BCUT2D eigenvalue weighted by Gasteiger charge is 2.57. The third kappa shape index (κ3) is 2.94. The SMILES string of the molecule is CC(C)c1nc(S(=O)(=O)NC(=O)C2CC2(Cl)Cl)cn1C. The van der Waals surface area contributed by atoms with E-state index in [1.807, 2.05) is 18.6 Å². The lowest BCUT2D eigenvalue weighted by Crippen LogP contribution is -2.33. The van der Waals surface area contributed by atoms with Gasteiger partial charge in [0.15, 0.2) is 5.03 Å². The van der Waals surface area contributed by atoms with Crippen LogP contribution in [0.3, 0.4) is 0 Å². The summed E-state index contributed by atoms with van der Waals surface area (Å²) in [6.07, 6.45) is 1.61. The van der Waals surface area contributed by atoms with Gasteiger partial charge in [-0.25, -0.2) is 9.71 Å². The predicted octanol–water partition coefficient (Wildman–Crippen LogP) is 1.54. The smallest absolute Gasteiger partial charge is 0.283 e. The van der Waals surface area contributed by atoms with E-state index >= 15 is 0 Å². The van der Waals surface area contributed by atoms with E-state index in [0.717, 1.165) is 0 Å². The molecule has 1 aromatic rings. The minimum atomic E-state index is -4.00. The lowest BCUT2D eigenvalue weighted by atomic mass is 10.2. The summed E-state index contributed by atoms with van der Waals surface area (Å²) in [6, 6.07) is 0. The molecule has 1 heterocycles. The van der Waals surface area contributed by atoms with Crippen molar-refractivity contribution in [2.75, 3.05) is 0 Å². The maximum absolute atomic E-state index is 12.1. The molecule has 0 bridgehead atoms. The molecule has 0 aromatic carbocycles. The number of carbonyl (C=O) groups excluding carboxylic acids is 1. The highest BCUT2D eigenvalue weighted by atomic mass is 35.5. The van der Waals surface area contributed by atoms with E-state index in [2.05, 4.69) is 4.98 Å². The summed E-state index contributed by atoms with van der Waals surface area (Å²) in [6.45, 7) is 3.80. The second kappa shape index (κ2) is 4.89. The first-order valence-electron chi connectivity index (χ1n) is 6.02. The number of sulfonamides is 1. The molecule has 1 atom stereocenters. The highest BCUT2D eigenvalue weighted by Crippen LogP contribution is 2.53. The predicted molar refractivity (Wildman–Crippen MR) is 75.2 cm³/mol. The zero-order valence-electron chi connectivity index (χ0n) is 11.2. The van der Waals surface area contributed by atoms with E-state index in [1.54, 1.807) is 11.6 Å². The number of alkyl halides is 2. The van der Waals surface area contributed by atoms with Crippen molar-refractivity contribution in [1.29, 1.82) is 0 Å². The zero-order valence-corrected chi connectivity index (χ0v) is 13.6.